The summed E-state index contributed by atoms with van der Waals surface area (Å²) in [7, 11) is 2.12. The molecule has 0 aliphatic heterocycles. The van der Waals surface area contributed by atoms with Crippen molar-refractivity contribution in [1.82, 2.24) is 5.32 Å². The molecule has 3 unspecified atom stereocenters. The van der Waals surface area contributed by atoms with Gasteiger partial charge in [-0.3, -0.25) is 0 Å². The molecule has 0 saturated heterocycles. The normalized spacial score (nSPS) is 26.1. The highest BCUT2D eigenvalue weighted by atomic mass is 32.2. The Bertz CT molecular complexity index is 595. The first-order chi connectivity index (χ1) is 10.3. The molecule has 1 aliphatic carbocycles. The maximum atomic E-state index is 3.54. The van der Waals surface area contributed by atoms with Crippen LogP contribution in [0.15, 0.2) is 47.4 Å². The van der Waals surface area contributed by atoms with Gasteiger partial charge in [-0.1, -0.05) is 43.7 Å². The first kappa shape index (κ1) is 14.9. The Balaban J connectivity index is 1.78. The zero-order valence-electron chi connectivity index (χ0n) is 13.0. The zero-order chi connectivity index (χ0) is 14.7. The number of fused-ring (bicyclic) bond motifs is 1. The molecule has 0 amide bonds. The second kappa shape index (κ2) is 6.85. The third-order valence-electron chi connectivity index (χ3n) is 4.86. The van der Waals surface area contributed by atoms with Gasteiger partial charge in [-0.25, -0.2) is 0 Å². The summed E-state index contributed by atoms with van der Waals surface area (Å²) in [6.45, 7) is 2.34. The minimum Gasteiger partial charge on any atom is -0.316 e. The first-order valence-corrected chi connectivity index (χ1v) is 9.01. The van der Waals surface area contributed by atoms with Gasteiger partial charge in [0.2, 0.25) is 0 Å². The van der Waals surface area contributed by atoms with E-state index in [2.05, 4.69) is 73.5 Å². The van der Waals surface area contributed by atoms with Gasteiger partial charge in [0, 0.05) is 16.2 Å². The Morgan fingerprint density at radius 2 is 1.90 bits per heavy atom. The predicted octanol–water partition coefficient (Wildman–Crippen LogP) is 5.10. The summed E-state index contributed by atoms with van der Waals surface area (Å²) in [5.41, 5.74) is 0. The molecule has 112 valence electrons. The van der Waals surface area contributed by atoms with Gasteiger partial charge in [0.05, 0.1) is 0 Å². The summed E-state index contributed by atoms with van der Waals surface area (Å²) in [6, 6.07) is 16.2. The number of thioether (sulfide) groups is 1. The molecule has 3 atom stereocenters. The smallest absolute Gasteiger partial charge is 0.0250 e. The number of hydrogen-bond donors (Lipinski definition) is 1. The van der Waals surface area contributed by atoms with E-state index in [4.69, 9.17) is 0 Å². The van der Waals surface area contributed by atoms with Crippen LogP contribution in [0.25, 0.3) is 10.8 Å². The standard InChI is InChI=1S/C19H25NS/c1-3-14-8-11-18(20-2)19(12-14)21-17-10-9-15-6-4-5-7-16(15)13-17/h4-7,9-10,13-14,18-20H,3,8,11-12H2,1-2H3. The largest absolute Gasteiger partial charge is 0.316 e. The minimum absolute atomic E-state index is 0.657. The van der Waals surface area contributed by atoms with E-state index in [1.54, 1.807) is 0 Å². The fourth-order valence-corrected chi connectivity index (χ4v) is 4.95. The Hall–Kier alpha value is -0.990. The molecule has 0 radical (unpaired) electrons. The minimum atomic E-state index is 0.657. The van der Waals surface area contributed by atoms with E-state index in [1.807, 2.05) is 0 Å². The molecule has 1 fully saturated rings. The molecule has 2 aromatic rings. The fraction of sp³-hybridized carbons (Fsp3) is 0.474. The summed E-state index contributed by atoms with van der Waals surface area (Å²) in [6.07, 6.45) is 5.38. The summed E-state index contributed by atoms with van der Waals surface area (Å²) < 4.78 is 0. The van der Waals surface area contributed by atoms with Gasteiger partial charge in [-0.05, 0) is 55.1 Å². The van der Waals surface area contributed by atoms with Crippen LogP contribution in [0.5, 0.6) is 0 Å². The van der Waals surface area contributed by atoms with Crippen molar-refractivity contribution < 1.29 is 0 Å². The van der Waals surface area contributed by atoms with Crippen molar-refractivity contribution in [3.63, 3.8) is 0 Å². The third-order valence-corrected chi connectivity index (χ3v) is 6.21. The molecule has 1 nitrogen and oxygen atoms in total. The predicted molar refractivity (Wildman–Crippen MR) is 94.1 cm³/mol. The second-order valence-corrected chi connectivity index (χ2v) is 7.46. The van der Waals surface area contributed by atoms with E-state index >= 15 is 0 Å². The topological polar surface area (TPSA) is 12.0 Å². The molecule has 3 rings (SSSR count). The highest BCUT2D eigenvalue weighted by Gasteiger charge is 2.29. The molecule has 1 saturated carbocycles. The van der Waals surface area contributed by atoms with Crippen LogP contribution in [0.3, 0.4) is 0 Å². The average Bonchev–Trinajstić information content (AvgIpc) is 2.54. The maximum Gasteiger partial charge on any atom is 0.0250 e. The lowest BCUT2D eigenvalue weighted by Gasteiger charge is -2.35. The highest BCUT2D eigenvalue weighted by Crippen LogP contribution is 2.38. The molecule has 0 bridgehead atoms. The van der Waals surface area contributed by atoms with Crippen LogP contribution in [-0.2, 0) is 0 Å². The van der Waals surface area contributed by atoms with E-state index in [0.29, 0.717) is 11.3 Å². The Morgan fingerprint density at radius 1 is 1.10 bits per heavy atom. The van der Waals surface area contributed by atoms with Crippen molar-refractivity contribution in [2.24, 2.45) is 5.92 Å². The lowest BCUT2D eigenvalue weighted by molar-refractivity contribution is 0.304. The van der Waals surface area contributed by atoms with Crippen molar-refractivity contribution in [3.8, 4) is 0 Å². The molecule has 2 aromatic carbocycles. The Morgan fingerprint density at radius 3 is 2.67 bits per heavy atom. The zero-order valence-corrected chi connectivity index (χ0v) is 13.8. The van der Waals surface area contributed by atoms with E-state index < -0.39 is 0 Å². The number of hydrogen-bond acceptors (Lipinski definition) is 2. The molecular weight excluding hydrogens is 274 g/mol. The fourth-order valence-electron chi connectivity index (χ4n) is 3.46. The van der Waals surface area contributed by atoms with Crippen LogP contribution in [0.1, 0.15) is 32.6 Å². The maximum absolute atomic E-state index is 3.54. The van der Waals surface area contributed by atoms with Crippen LogP contribution >= 0.6 is 11.8 Å². The first-order valence-electron chi connectivity index (χ1n) is 8.13. The van der Waals surface area contributed by atoms with Crippen LogP contribution < -0.4 is 5.32 Å². The van der Waals surface area contributed by atoms with Crippen molar-refractivity contribution in [2.75, 3.05) is 7.05 Å². The molecule has 1 N–H and O–H groups in total. The lowest BCUT2D eigenvalue weighted by atomic mass is 9.84. The van der Waals surface area contributed by atoms with Gasteiger partial charge in [0.15, 0.2) is 0 Å². The monoisotopic (exact) mass is 299 g/mol. The SMILES string of the molecule is CCC1CCC(NC)C(Sc2ccc3ccccc3c2)C1. The van der Waals surface area contributed by atoms with E-state index in [1.165, 1.54) is 41.4 Å². The second-order valence-electron chi connectivity index (χ2n) is 6.15. The molecule has 0 aromatic heterocycles. The molecule has 21 heavy (non-hydrogen) atoms. The third kappa shape index (κ3) is 3.44. The van der Waals surface area contributed by atoms with Crippen molar-refractivity contribution in [3.05, 3.63) is 42.5 Å². The molecule has 0 spiro atoms. The van der Waals surface area contributed by atoms with Crippen LogP contribution in [0.4, 0.5) is 0 Å². The van der Waals surface area contributed by atoms with Crippen molar-refractivity contribution in [2.45, 2.75) is 48.8 Å². The molecule has 0 heterocycles. The summed E-state index contributed by atoms with van der Waals surface area (Å²) >= 11 is 2.07. The molecular formula is C19H25NS. The molecule has 2 heteroatoms. The van der Waals surface area contributed by atoms with Gasteiger partial charge in [0.25, 0.3) is 0 Å². The summed E-state index contributed by atoms with van der Waals surface area (Å²) in [5, 5.41) is 6.93. The van der Waals surface area contributed by atoms with Crippen molar-refractivity contribution >= 4 is 22.5 Å². The van der Waals surface area contributed by atoms with Gasteiger partial charge in [-0.2, -0.15) is 0 Å². The van der Waals surface area contributed by atoms with Crippen molar-refractivity contribution in [1.29, 1.82) is 0 Å². The quantitative estimate of drug-likeness (QED) is 0.843. The van der Waals surface area contributed by atoms with Gasteiger partial charge in [0.1, 0.15) is 0 Å². The van der Waals surface area contributed by atoms with Gasteiger partial charge >= 0.3 is 0 Å². The van der Waals surface area contributed by atoms with Crippen LogP contribution in [0, 0.1) is 5.92 Å². The average molecular weight is 299 g/mol. The summed E-state index contributed by atoms with van der Waals surface area (Å²) in [4.78, 5) is 1.41. The number of nitrogens with one attached hydrogen (secondary N) is 1. The van der Waals surface area contributed by atoms with Gasteiger partial charge in [-0.15, -0.1) is 11.8 Å². The molecule has 1 aliphatic rings. The lowest BCUT2D eigenvalue weighted by Crippen LogP contribution is -2.40. The van der Waals surface area contributed by atoms with E-state index in [9.17, 15) is 0 Å². The van der Waals surface area contributed by atoms with E-state index in [0.717, 1.165) is 5.92 Å². The number of benzene rings is 2. The summed E-state index contributed by atoms with van der Waals surface area (Å²) in [5.74, 6) is 0.910. The highest BCUT2D eigenvalue weighted by molar-refractivity contribution is 8.00. The van der Waals surface area contributed by atoms with Gasteiger partial charge < -0.3 is 5.32 Å². The van der Waals surface area contributed by atoms with E-state index in [-0.39, 0.29) is 0 Å². The number of rotatable bonds is 4. The van der Waals surface area contributed by atoms with Crippen LogP contribution in [0.2, 0.25) is 0 Å². The Labute approximate surface area is 132 Å². The Kier molecular flexibility index (Phi) is 4.87. The van der Waals surface area contributed by atoms with Crippen LogP contribution in [-0.4, -0.2) is 18.3 Å².